The Hall–Kier alpha value is -2.29. The van der Waals surface area contributed by atoms with E-state index in [9.17, 15) is 4.79 Å². The van der Waals surface area contributed by atoms with Crippen LogP contribution in [0.1, 0.15) is 30.5 Å². The number of carbonyl (C=O) groups is 1. The Bertz CT molecular complexity index is 647. The molecule has 1 atom stereocenters. The summed E-state index contributed by atoms with van der Waals surface area (Å²) >= 11 is 0. The highest BCUT2D eigenvalue weighted by molar-refractivity contribution is 5.94. The molecule has 0 fully saturated rings. The van der Waals surface area contributed by atoms with Gasteiger partial charge >= 0.3 is 0 Å². The Balaban J connectivity index is 2.01. The van der Waals surface area contributed by atoms with Gasteiger partial charge in [-0.3, -0.25) is 4.79 Å². The minimum Gasteiger partial charge on any atom is -0.481 e. The second-order valence-electron chi connectivity index (χ2n) is 5.50. The summed E-state index contributed by atoms with van der Waals surface area (Å²) < 4.78 is 5.79. The molecular weight excluding hydrogens is 274 g/mol. The van der Waals surface area contributed by atoms with Crippen LogP contribution in [-0.4, -0.2) is 12.0 Å². The van der Waals surface area contributed by atoms with Crippen molar-refractivity contribution in [1.29, 1.82) is 0 Å². The lowest BCUT2D eigenvalue weighted by Gasteiger charge is -2.17. The zero-order chi connectivity index (χ0) is 16.1. The third kappa shape index (κ3) is 3.88. The number of hydrogen-bond donors (Lipinski definition) is 1. The molecule has 0 spiro atoms. The topological polar surface area (TPSA) is 38.3 Å². The molecule has 0 aliphatic carbocycles. The highest BCUT2D eigenvalue weighted by atomic mass is 16.5. The molecule has 1 N–H and O–H groups in total. The van der Waals surface area contributed by atoms with Gasteiger partial charge in [0.2, 0.25) is 0 Å². The Morgan fingerprint density at radius 3 is 2.45 bits per heavy atom. The molecule has 0 aliphatic rings. The first-order valence-corrected chi connectivity index (χ1v) is 7.64. The van der Waals surface area contributed by atoms with E-state index >= 15 is 0 Å². The average Bonchev–Trinajstić information content (AvgIpc) is 2.52. The number of amides is 1. The standard InChI is InChI=1S/C19H23NO2/c1-5-16-9-11-17(12-10-16)20-19(21)15(4)22-18-8-6-7-13(2)14(18)3/h6-12,15H,5H2,1-4H3,(H,20,21)/t15-/m1/s1. The van der Waals surface area contributed by atoms with Crippen LogP contribution in [0.4, 0.5) is 5.69 Å². The van der Waals surface area contributed by atoms with Gasteiger partial charge in [0.1, 0.15) is 5.75 Å². The van der Waals surface area contributed by atoms with Gasteiger partial charge in [0.05, 0.1) is 0 Å². The number of aryl methyl sites for hydroxylation is 2. The summed E-state index contributed by atoms with van der Waals surface area (Å²) in [6.45, 7) is 7.90. The summed E-state index contributed by atoms with van der Waals surface area (Å²) in [5.41, 5.74) is 4.26. The summed E-state index contributed by atoms with van der Waals surface area (Å²) in [5, 5.41) is 2.88. The summed E-state index contributed by atoms with van der Waals surface area (Å²) in [4.78, 5) is 12.2. The average molecular weight is 297 g/mol. The van der Waals surface area contributed by atoms with E-state index in [0.717, 1.165) is 29.0 Å². The van der Waals surface area contributed by atoms with Crippen LogP contribution in [-0.2, 0) is 11.2 Å². The number of benzene rings is 2. The Labute approximate surface area is 132 Å². The van der Waals surface area contributed by atoms with Crippen molar-refractivity contribution in [3.63, 3.8) is 0 Å². The zero-order valence-corrected chi connectivity index (χ0v) is 13.6. The normalized spacial score (nSPS) is 11.8. The van der Waals surface area contributed by atoms with Crippen LogP contribution in [0, 0.1) is 13.8 Å². The maximum Gasteiger partial charge on any atom is 0.265 e. The highest BCUT2D eigenvalue weighted by Gasteiger charge is 2.16. The molecule has 0 radical (unpaired) electrons. The van der Waals surface area contributed by atoms with Crippen molar-refractivity contribution in [1.82, 2.24) is 0 Å². The van der Waals surface area contributed by atoms with Gasteiger partial charge in [-0.1, -0.05) is 31.2 Å². The summed E-state index contributed by atoms with van der Waals surface area (Å²) in [5.74, 6) is 0.606. The molecule has 116 valence electrons. The third-order valence-electron chi connectivity index (χ3n) is 3.86. The largest absolute Gasteiger partial charge is 0.481 e. The van der Waals surface area contributed by atoms with Crippen molar-refractivity contribution in [3.05, 3.63) is 59.2 Å². The van der Waals surface area contributed by atoms with Crippen molar-refractivity contribution in [2.24, 2.45) is 0 Å². The Morgan fingerprint density at radius 1 is 1.14 bits per heavy atom. The van der Waals surface area contributed by atoms with E-state index in [1.54, 1.807) is 6.92 Å². The second-order valence-corrected chi connectivity index (χ2v) is 5.50. The molecule has 22 heavy (non-hydrogen) atoms. The molecule has 2 aromatic rings. The van der Waals surface area contributed by atoms with E-state index in [-0.39, 0.29) is 5.91 Å². The fraction of sp³-hybridized carbons (Fsp3) is 0.316. The number of carbonyl (C=O) groups excluding carboxylic acids is 1. The molecule has 0 bridgehead atoms. The van der Waals surface area contributed by atoms with Crippen molar-refractivity contribution >= 4 is 11.6 Å². The van der Waals surface area contributed by atoms with E-state index in [0.29, 0.717) is 0 Å². The molecular formula is C19H23NO2. The van der Waals surface area contributed by atoms with Gasteiger partial charge in [-0.15, -0.1) is 0 Å². The van der Waals surface area contributed by atoms with Crippen LogP contribution >= 0.6 is 0 Å². The number of ether oxygens (including phenoxy) is 1. The molecule has 1 amide bonds. The van der Waals surface area contributed by atoms with Crippen LogP contribution in [0.2, 0.25) is 0 Å². The van der Waals surface area contributed by atoms with Gasteiger partial charge in [0.15, 0.2) is 6.10 Å². The van der Waals surface area contributed by atoms with Crippen LogP contribution in [0.25, 0.3) is 0 Å². The first kappa shape index (κ1) is 16.1. The van der Waals surface area contributed by atoms with E-state index in [1.165, 1.54) is 5.56 Å². The van der Waals surface area contributed by atoms with Gasteiger partial charge in [-0.25, -0.2) is 0 Å². The molecule has 2 rings (SSSR count). The molecule has 3 heteroatoms. The van der Waals surface area contributed by atoms with Crippen LogP contribution in [0.3, 0.4) is 0 Å². The van der Waals surface area contributed by atoms with Gasteiger partial charge in [-0.05, 0) is 62.1 Å². The van der Waals surface area contributed by atoms with Crippen LogP contribution in [0.15, 0.2) is 42.5 Å². The minimum atomic E-state index is -0.550. The lowest BCUT2D eigenvalue weighted by Crippen LogP contribution is -2.30. The number of rotatable bonds is 5. The van der Waals surface area contributed by atoms with Gasteiger partial charge in [0, 0.05) is 5.69 Å². The summed E-state index contributed by atoms with van der Waals surface area (Å²) in [7, 11) is 0. The molecule has 0 unspecified atom stereocenters. The SMILES string of the molecule is CCc1ccc(NC(=O)[C@@H](C)Oc2cccc(C)c2C)cc1. The van der Waals surface area contributed by atoms with Crippen molar-refractivity contribution in [2.75, 3.05) is 5.32 Å². The number of nitrogens with one attached hydrogen (secondary N) is 1. The molecule has 0 heterocycles. The fourth-order valence-electron chi connectivity index (χ4n) is 2.16. The van der Waals surface area contributed by atoms with Gasteiger partial charge in [-0.2, -0.15) is 0 Å². The van der Waals surface area contributed by atoms with Crippen molar-refractivity contribution in [2.45, 2.75) is 40.2 Å². The van der Waals surface area contributed by atoms with E-state index in [1.807, 2.05) is 56.3 Å². The van der Waals surface area contributed by atoms with Crippen molar-refractivity contribution < 1.29 is 9.53 Å². The number of hydrogen-bond acceptors (Lipinski definition) is 2. The van der Waals surface area contributed by atoms with Gasteiger partial charge < -0.3 is 10.1 Å². The predicted molar refractivity (Wildman–Crippen MR) is 90.5 cm³/mol. The Morgan fingerprint density at radius 2 is 1.82 bits per heavy atom. The molecule has 0 saturated carbocycles. The monoisotopic (exact) mass is 297 g/mol. The van der Waals surface area contributed by atoms with E-state index in [4.69, 9.17) is 4.74 Å². The van der Waals surface area contributed by atoms with Crippen LogP contribution < -0.4 is 10.1 Å². The lowest BCUT2D eigenvalue weighted by molar-refractivity contribution is -0.122. The third-order valence-corrected chi connectivity index (χ3v) is 3.86. The summed E-state index contributed by atoms with van der Waals surface area (Å²) in [6.07, 6.45) is 0.437. The molecule has 2 aromatic carbocycles. The molecule has 0 aromatic heterocycles. The molecule has 0 aliphatic heterocycles. The smallest absolute Gasteiger partial charge is 0.265 e. The fourth-order valence-corrected chi connectivity index (χ4v) is 2.16. The second kappa shape index (κ2) is 7.12. The minimum absolute atomic E-state index is 0.148. The predicted octanol–water partition coefficient (Wildman–Crippen LogP) is 4.27. The highest BCUT2D eigenvalue weighted by Crippen LogP contribution is 2.22. The first-order chi connectivity index (χ1) is 10.5. The quantitative estimate of drug-likeness (QED) is 0.895. The van der Waals surface area contributed by atoms with Crippen LogP contribution in [0.5, 0.6) is 5.75 Å². The Kier molecular flexibility index (Phi) is 5.21. The van der Waals surface area contributed by atoms with E-state index < -0.39 is 6.10 Å². The van der Waals surface area contributed by atoms with E-state index in [2.05, 4.69) is 12.2 Å². The molecule has 0 saturated heterocycles. The zero-order valence-electron chi connectivity index (χ0n) is 13.6. The van der Waals surface area contributed by atoms with Gasteiger partial charge in [0.25, 0.3) is 5.91 Å². The first-order valence-electron chi connectivity index (χ1n) is 7.64. The lowest BCUT2D eigenvalue weighted by atomic mass is 10.1. The summed E-state index contributed by atoms with van der Waals surface area (Å²) in [6, 6.07) is 13.7. The van der Waals surface area contributed by atoms with Crippen molar-refractivity contribution in [3.8, 4) is 5.75 Å². The molecule has 3 nitrogen and oxygen atoms in total. The number of anilines is 1. The maximum atomic E-state index is 12.2. The maximum absolute atomic E-state index is 12.2.